The second-order valence-electron chi connectivity index (χ2n) is 7.37. The van der Waals surface area contributed by atoms with Crippen molar-refractivity contribution in [2.24, 2.45) is 0 Å². The molecule has 1 N–H and O–H groups in total. The number of nitrogens with one attached hydrogen (secondary N) is 1. The number of likely N-dealkylation sites (N-methyl/N-ethyl adjacent to an activating group) is 1. The Hall–Kier alpha value is -1.44. The fourth-order valence-corrected chi connectivity index (χ4v) is 5.54. The summed E-state index contributed by atoms with van der Waals surface area (Å²) in [6, 6.07) is 6.34. The molecular formula is C19H30N3O3S+. The highest BCUT2D eigenvalue weighted by Gasteiger charge is 2.40. The zero-order chi connectivity index (χ0) is 18.7. The van der Waals surface area contributed by atoms with E-state index in [0.29, 0.717) is 13.0 Å². The van der Waals surface area contributed by atoms with Gasteiger partial charge in [0.25, 0.3) is 0 Å². The first-order valence-corrected chi connectivity index (χ1v) is 11.1. The van der Waals surface area contributed by atoms with Gasteiger partial charge in [-0.3, -0.25) is 4.79 Å². The Bertz CT molecular complexity index is 725. The molecule has 26 heavy (non-hydrogen) atoms. The van der Waals surface area contributed by atoms with E-state index in [0.717, 1.165) is 51.1 Å². The number of aryl methyl sites for hydroxylation is 1. The van der Waals surface area contributed by atoms with Gasteiger partial charge in [-0.1, -0.05) is 24.1 Å². The smallest absolute Gasteiger partial charge is 0.243 e. The van der Waals surface area contributed by atoms with Crippen molar-refractivity contribution >= 4 is 15.9 Å². The zero-order valence-corrected chi connectivity index (χ0v) is 16.6. The molecule has 1 aromatic rings. The van der Waals surface area contributed by atoms with Crippen molar-refractivity contribution in [2.75, 3.05) is 39.3 Å². The Morgan fingerprint density at radius 1 is 1.12 bits per heavy atom. The van der Waals surface area contributed by atoms with E-state index in [-0.39, 0.29) is 10.8 Å². The third kappa shape index (κ3) is 3.94. The van der Waals surface area contributed by atoms with E-state index in [1.807, 2.05) is 11.8 Å². The number of sulfonamides is 1. The summed E-state index contributed by atoms with van der Waals surface area (Å²) in [6.45, 7) is 8.91. The number of piperazine rings is 1. The first-order chi connectivity index (χ1) is 12.4. The van der Waals surface area contributed by atoms with Crippen molar-refractivity contribution < 1.29 is 18.1 Å². The molecule has 0 radical (unpaired) electrons. The maximum atomic E-state index is 13.1. The van der Waals surface area contributed by atoms with Crippen molar-refractivity contribution in [3.63, 3.8) is 0 Å². The predicted octanol–water partition coefficient (Wildman–Crippen LogP) is 0.285. The average Bonchev–Trinajstić information content (AvgIpc) is 2.68. The van der Waals surface area contributed by atoms with E-state index in [1.54, 1.807) is 24.3 Å². The monoisotopic (exact) mass is 380 g/mol. The van der Waals surface area contributed by atoms with Gasteiger partial charge in [0.15, 0.2) is 0 Å². The Balaban J connectivity index is 1.79. The highest BCUT2D eigenvalue weighted by molar-refractivity contribution is 7.89. The maximum absolute atomic E-state index is 13.1. The molecular weight excluding hydrogens is 350 g/mol. The van der Waals surface area contributed by atoms with Crippen LogP contribution in [0.25, 0.3) is 0 Å². The lowest BCUT2D eigenvalue weighted by molar-refractivity contribution is -0.902. The molecule has 3 rings (SSSR count). The Kier molecular flexibility index (Phi) is 5.99. The molecule has 144 valence electrons. The van der Waals surface area contributed by atoms with Gasteiger partial charge in [0.1, 0.15) is 6.04 Å². The first kappa shape index (κ1) is 19.3. The van der Waals surface area contributed by atoms with Crippen LogP contribution in [0.15, 0.2) is 29.2 Å². The number of hydrogen-bond acceptors (Lipinski definition) is 3. The normalized spacial score (nSPS) is 23.2. The second kappa shape index (κ2) is 8.06. The van der Waals surface area contributed by atoms with Crippen LogP contribution < -0.4 is 4.90 Å². The largest absolute Gasteiger partial charge is 0.332 e. The molecule has 1 aromatic carbocycles. The van der Waals surface area contributed by atoms with Crippen LogP contribution in [0.1, 0.15) is 31.7 Å². The molecule has 2 aliphatic rings. The number of amides is 1. The number of hydrogen-bond donors (Lipinski definition) is 1. The molecule has 6 nitrogen and oxygen atoms in total. The number of carbonyl (C=O) groups excluding carboxylic acids is 1. The van der Waals surface area contributed by atoms with Crippen LogP contribution >= 0.6 is 0 Å². The standard InChI is InChI=1S/C19H29N3O3S/c1-3-20-12-14-21(15-13-20)19(23)18-6-4-5-11-22(18)26(24,25)17-9-7-16(2)8-10-17/h7-10,18H,3-6,11-15H2,1-2H3/p+1/t18-/m0/s1. The minimum absolute atomic E-state index is 0.0180. The first-order valence-electron chi connectivity index (χ1n) is 9.64. The maximum Gasteiger partial charge on any atom is 0.243 e. The third-order valence-electron chi connectivity index (χ3n) is 5.65. The number of carbonyl (C=O) groups is 1. The van der Waals surface area contributed by atoms with Crippen molar-refractivity contribution in [2.45, 2.75) is 44.0 Å². The van der Waals surface area contributed by atoms with E-state index in [2.05, 4.69) is 6.92 Å². The van der Waals surface area contributed by atoms with Crippen LogP contribution in [0.3, 0.4) is 0 Å². The zero-order valence-electron chi connectivity index (χ0n) is 15.8. The van der Waals surface area contributed by atoms with E-state index in [1.165, 1.54) is 9.21 Å². The van der Waals surface area contributed by atoms with E-state index in [9.17, 15) is 13.2 Å². The van der Waals surface area contributed by atoms with Gasteiger partial charge in [-0.25, -0.2) is 8.42 Å². The Morgan fingerprint density at radius 2 is 1.77 bits per heavy atom. The average molecular weight is 381 g/mol. The van der Waals surface area contributed by atoms with Gasteiger partial charge >= 0.3 is 0 Å². The third-order valence-corrected chi connectivity index (χ3v) is 7.57. The van der Waals surface area contributed by atoms with Gasteiger partial charge in [0.05, 0.1) is 37.6 Å². The van der Waals surface area contributed by atoms with Gasteiger partial charge in [0, 0.05) is 6.54 Å². The van der Waals surface area contributed by atoms with Crippen LogP contribution in [0.4, 0.5) is 0 Å². The van der Waals surface area contributed by atoms with Gasteiger partial charge in [-0.05, 0) is 38.8 Å². The molecule has 0 spiro atoms. The molecule has 2 saturated heterocycles. The molecule has 1 atom stereocenters. The quantitative estimate of drug-likeness (QED) is 0.817. The minimum atomic E-state index is -3.65. The van der Waals surface area contributed by atoms with Gasteiger partial charge in [-0.2, -0.15) is 4.31 Å². The van der Waals surface area contributed by atoms with Crippen LogP contribution in [-0.2, 0) is 14.8 Å². The Labute approximate surface area is 156 Å². The second-order valence-corrected chi connectivity index (χ2v) is 9.26. The molecule has 0 bridgehead atoms. The van der Waals surface area contributed by atoms with Crippen LogP contribution in [0.2, 0.25) is 0 Å². The SMILES string of the molecule is CC[NH+]1CCN(C(=O)[C@@H]2CCCCN2S(=O)(=O)c2ccc(C)cc2)CC1. The lowest BCUT2D eigenvalue weighted by Crippen LogP contribution is -3.14. The van der Waals surface area contributed by atoms with E-state index >= 15 is 0 Å². The summed E-state index contributed by atoms with van der Waals surface area (Å²) >= 11 is 0. The highest BCUT2D eigenvalue weighted by atomic mass is 32.2. The summed E-state index contributed by atoms with van der Waals surface area (Å²) in [7, 11) is -3.65. The summed E-state index contributed by atoms with van der Waals surface area (Å²) in [5.41, 5.74) is 1.02. The fraction of sp³-hybridized carbons (Fsp3) is 0.632. The van der Waals surface area contributed by atoms with Crippen molar-refractivity contribution in [1.29, 1.82) is 0 Å². The van der Waals surface area contributed by atoms with Crippen LogP contribution in [0.5, 0.6) is 0 Å². The molecule has 1 amide bonds. The molecule has 0 unspecified atom stereocenters. The number of rotatable bonds is 4. The summed E-state index contributed by atoms with van der Waals surface area (Å²) < 4.78 is 27.7. The van der Waals surface area contributed by atoms with Gasteiger partial charge in [-0.15, -0.1) is 0 Å². The molecule has 2 heterocycles. The molecule has 7 heteroatoms. The predicted molar refractivity (Wildman–Crippen MR) is 101 cm³/mol. The lowest BCUT2D eigenvalue weighted by atomic mass is 10.0. The number of quaternary nitrogens is 1. The van der Waals surface area contributed by atoms with Crippen LogP contribution in [-0.4, -0.2) is 68.8 Å². The molecule has 0 saturated carbocycles. The number of piperidine rings is 1. The van der Waals surface area contributed by atoms with Crippen LogP contribution in [0, 0.1) is 6.92 Å². The lowest BCUT2D eigenvalue weighted by Gasteiger charge is -2.39. The van der Waals surface area contributed by atoms with Crippen molar-refractivity contribution in [3.8, 4) is 0 Å². The molecule has 2 fully saturated rings. The Morgan fingerprint density at radius 3 is 2.38 bits per heavy atom. The fourth-order valence-electron chi connectivity index (χ4n) is 3.89. The van der Waals surface area contributed by atoms with Crippen molar-refractivity contribution in [1.82, 2.24) is 9.21 Å². The van der Waals surface area contributed by atoms with Gasteiger partial charge < -0.3 is 9.80 Å². The summed E-state index contributed by atoms with van der Waals surface area (Å²) in [5, 5.41) is 0. The highest BCUT2D eigenvalue weighted by Crippen LogP contribution is 2.26. The molecule has 2 aliphatic heterocycles. The summed E-state index contributed by atoms with van der Waals surface area (Å²) in [6.07, 6.45) is 2.32. The van der Waals surface area contributed by atoms with E-state index < -0.39 is 16.1 Å². The topological polar surface area (TPSA) is 62.1 Å². The summed E-state index contributed by atoms with van der Waals surface area (Å²) in [4.78, 5) is 16.8. The van der Waals surface area contributed by atoms with Gasteiger partial charge in [0.2, 0.25) is 15.9 Å². The summed E-state index contributed by atoms with van der Waals surface area (Å²) in [5.74, 6) is -0.0180. The van der Waals surface area contributed by atoms with Crippen molar-refractivity contribution in [3.05, 3.63) is 29.8 Å². The van der Waals surface area contributed by atoms with E-state index in [4.69, 9.17) is 0 Å². The number of nitrogens with zero attached hydrogens (tertiary/aromatic N) is 2. The molecule has 0 aromatic heterocycles. The number of benzene rings is 1. The molecule has 0 aliphatic carbocycles. The minimum Gasteiger partial charge on any atom is -0.332 e.